The normalized spacial score (nSPS) is 11.2. The molecule has 0 amide bonds. The van der Waals surface area contributed by atoms with Gasteiger partial charge in [0.25, 0.3) is 5.56 Å². The van der Waals surface area contributed by atoms with E-state index in [1.807, 2.05) is 36.4 Å². The fraction of sp³-hybridized carbons (Fsp3) is 0.0556. The van der Waals surface area contributed by atoms with Crippen LogP contribution in [-0.2, 0) is 5.75 Å². The van der Waals surface area contributed by atoms with Gasteiger partial charge in [-0.1, -0.05) is 53.2 Å². The Morgan fingerprint density at radius 1 is 1.08 bits per heavy atom. The average Bonchev–Trinajstić information content (AvgIpc) is 3.05. The second-order valence-electron chi connectivity index (χ2n) is 5.56. The molecule has 2 aromatic heterocycles. The Hall–Kier alpha value is -2.28. The first kappa shape index (κ1) is 17.1. The number of halogens is 2. The topological polar surface area (TPSA) is 63.6 Å². The van der Waals surface area contributed by atoms with E-state index < -0.39 is 0 Å². The summed E-state index contributed by atoms with van der Waals surface area (Å²) in [6, 6.07) is 14.8. The van der Waals surface area contributed by atoms with Crippen molar-refractivity contribution in [1.29, 1.82) is 0 Å². The Balaban J connectivity index is 1.71. The Kier molecular flexibility index (Phi) is 4.72. The van der Waals surface area contributed by atoms with E-state index >= 15 is 0 Å². The molecule has 2 heterocycles. The highest BCUT2D eigenvalue weighted by molar-refractivity contribution is 7.98. The smallest absolute Gasteiger partial charge is 0.262 e. The quantitative estimate of drug-likeness (QED) is 0.396. The molecule has 0 aliphatic heterocycles. The van der Waals surface area contributed by atoms with E-state index in [2.05, 4.69) is 15.1 Å². The lowest BCUT2D eigenvalue weighted by Gasteiger charge is -2.05. The van der Waals surface area contributed by atoms with Crippen LogP contribution in [0.2, 0.25) is 10.0 Å². The van der Waals surface area contributed by atoms with Gasteiger partial charge in [-0.3, -0.25) is 4.79 Å². The fourth-order valence-electron chi connectivity index (χ4n) is 2.54. The Morgan fingerprint density at radius 3 is 2.62 bits per heavy atom. The van der Waals surface area contributed by atoms with Crippen LogP contribution in [0, 0.1) is 0 Å². The van der Waals surface area contributed by atoms with Gasteiger partial charge in [-0.15, -0.1) is 0 Å². The molecule has 2 aromatic carbocycles. The lowest BCUT2D eigenvalue weighted by Crippen LogP contribution is -2.09. The third kappa shape index (κ3) is 3.49. The summed E-state index contributed by atoms with van der Waals surface area (Å²) in [6.07, 6.45) is 1.51. The van der Waals surface area contributed by atoms with Gasteiger partial charge < -0.3 is 4.98 Å². The van der Waals surface area contributed by atoms with E-state index in [1.165, 1.54) is 18.0 Å². The van der Waals surface area contributed by atoms with E-state index in [9.17, 15) is 4.79 Å². The van der Waals surface area contributed by atoms with Crippen molar-refractivity contribution in [3.63, 3.8) is 0 Å². The zero-order valence-corrected chi connectivity index (χ0v) is 15.6. The second kappa shape index (κ2) is 7.15. The van der Waals surface area contributed by atoms with Crippen molar-refractivity contribution in [3.8, 4) is 5.69 Å². The van der Waals surface area contributed by atoms with Crippen molar-refractivity contribution in [2.45, 2.75) is 10.9 Å². The number of thioether (sulfide) groups is 1. The molecule has 4 rings (SSSR count). The molecule has 0 aliphatic rings. The largest absolute Gasteiger partial charge is 0.301 e. The predicted molar refractivity (Wildman–Crippen MR) is 106 cm³/mol. The van der Waals surface area contributed by atoms with Crippen LogP contribution in [0.15, 0.2) is 64.7 Å². The molecule has 26 heavy (non-hydrogen) atoms. The molecule has 0 radical (unpaired) electrons. The summed E-state index contributed by atoms with van der Waals surface area (Å²) in [6.45, 7) is 0. The summed E-state index contributed by atoms with van der Waals surface area (Å²) in [5.41, 5.74) is 2.06. The van der Waals surface area contributed by atoms with Crippen LogP contribution in [0.1, 0.15) is 5.56 Å². The number of benzene rings is 2. The zero-order chi connectivity index (χ0) is 18.1. The van der Waals surface area contributed by atoms with Crippen LogP contribution in [0.3, 0.4) is 0 Å². The zero-order valence-electron chi connectivity index (χ0n) is 13.3. The molecule has 130 valence electrons. The number of aromatic amines is 1. The van der Waals surface area contributed by atoms with E-state index in [1.54, 1.807) is 16.8 Å². The van der Waals surface area contributed by atoms with Crippen LogP contribution in [0.25, 0.3) is 16.7 Å². The lowest BCUT2D eigenvalue weighted by molar-refractivity contribution is 0.873. The third-order valence-electron chi connectivity index (χ3n) is 3.73. The van der Waals surface area contributed by atoms with Crippen molar-refractivity contribution < 1.29 is 0 Å². The summed E-state index contributed by atoms with van der Waals surface area (Å²) in [7, 11) is 0. The summed E-state index contributed by atoms with van der Waals surface area (Å²) < 4.78 is 1.61. The highest BCUT2D eigenvalue weighted by atomic mass is 35.5. The van der Waals surface area contributed by atoms with E-state index in [4.69, 9.17) is 23.2 Å². The van der Waals surface area contributed by atoms with Gasteiger partial charge in [-0.2, -0.15) is 5.10 Å². The first-order chi connectivity index (χ1) is 12.6. The molecule has 4 aromatic rings. The molecule has 0 unspecified atom stereocenters. The average molecular weight is 403 g/mol. The van der Waals surface area contributed by atoms with Crippen molar-refractivity contribution in [2.75, 3.05) is 0 Å². The molecule has 0 atom stereocenters. The molecule has 5 nitrogen and oxygen atoms in total. The fourth-order valence-corrected chi connectivity index (χ4v) is 3.74. The number of H-pyrrole nitrogens is 1. The van der Waals surface area contributed by atoms with Crippen molar-refractivity contribution in [3.05, 3.63) is 80.7 Å². The Morgan fingerprint density at radius 2 is 1.85 bits per heavy atom. The molecule has 1 N–H and O–H groups in total. The van der Waals surface area contributed by atoms with Gasteiger partial charge >= 0.3 is 0 Å². The van der Waals surface area contributed by atoms with Gasteiger partial charge in [0.2, 0.25) is 0 Å². The van der Waals surface area contributed by atoms with Crippen LogP contribution >= 0.6 is 35.0 Å². The minimum Gasteiger partial charge on any atom is -0.301 e. The SMILES string of the molecule is O=c1[nH]c(SCc2cccc(Cl)c2)nc2c1cnn2-c1cccc(Cl)c1. The van der Waals surface area contributed by atoms with Gasteiger partial charge in [-0.05, 0) is 35.9 Å². The first-order valence-electron chi connectivity index (χ1n) is 7.71. The van der Waals surface area contributed by atoms with Gasteiger partial charge in [0.15, 0.2) is 10.8 Å². The van der Waals surface area contributed by atoms with Gasteiger partial charge in [0, 0.05) is 15.8 Å². The van der Waals surface area contributed by atoms with Crippen LogP contribution < -0.4 is 5.56 Å². The highest BCUT2D eigenvalue weighted by Gasteiger charge is 2.12. The first-order valence-corrected chi connectivity index (χ1v) is 9.45. The molecule has 8 heteroatoms. The maximum Gasteiger partial charge on any atom is 0.262 e. The molecular formula is C18H12Cl2N4OS. The van der Waals surface area contributed by atoms with Gasteiger partial charge in [0.05, 0.1) is 11.9 Å². The maximum absolute atomic E-state index is 12.4. The number of hydrogen-bond acceptors (Lipinski definition) is 4. The molecule has 0 saturated heterocycles. The number of rotatable bonds is 4. The minimum atomic E-state index is -0.225. The number of nitrogens with zero attached hydrogens (tertiary/aromatic N) is 3. The molecule has 0 spiro atoms. The number of nitrogens with one attached hydrogen (secondary N) is 1. The van der Waals surface area contributed by atoms with E-state index in [0.717, 1.165) is 11.3 Å². The van der Waals surface area contributed by atoms with Gasteiger partial charge in [0.1, 0.15) is 5.39 Å². The maximum atomic E-state index is 12.4. The van der Waals surface area contributed by atoms with E-state index in [-0.39, 0.29) is 5.56 Å². The standard InChI is InChI=1S/C18H12Cl2N4OS/c19-12-4-1-3-11(7-12)10-26-18-22-16-15(17(25)23-18)9-21-24(16)14-6-2-5-13(20)8-14/h1-9H,10H2,(H,22,23,25). The lowest BCUT2D eigenvalue weighted by atomic mass is 10.2. The third-order valence-corrected chi connectivity index (χ3v) is 5.15. The predicted octanol–water partition coefficient (Wildman–Crippen LogP) is 4.71. The highest BCUT2D eigenvalue weighted by Crippen LogP contribution is 2.23. The van der Waals surface area contributed by atoms with Crippen molar-refractivity contribution in [2.24, 2.45) is 0 Å². The Bertz CT molecular complexity index is 1160. The second-order valence-corrected chi connectivity index (χ2v) is 7.40. The van der Waals surface area contributed by atoms with E-state index in [0.29, 0.717) is 32.0 Å². The number of fused-ring (bicyclic) bond motifs is 1. The van der Waals surface area contributed by atoms with Gasteiger partial charge in [-0.25, -0.2) is 9.67 Å². The molecule has 0 saturated carbocycles. The van der Waals surface area contributed by atoms with Crippen LogP contribution in [0.5, 0.6) is 0 Å². The minimum absolute atomic E-state index is 0.225. The molecule has 0 fully saturated rings. The number of aromatic nitrogens is 4. The van der Waals surface area contributed by atoms with Crippen molar-refractivity contribution >= 4 is 46.0 Å². The summed E-state index contributed by atoms with van der Waals surface area (Å²) in [4.78, 5) is 19.7. The summed E-state index contributed by atoms with van der Waals surface area (Å²) in [5, 5.41) is 6.50. The van der Waals surface area contributed by atoms with Crippen LogP contribution in [-0.4, -0.2) is 19.7 Å². The molecule has 0 aliphatic carbocycles. The van der Waals surface area contributed by atoms with Crippen LogP contribution in [0.4, 0.5) is 0 Å². The molecular weight excluding hydrogens is 391 g/mol. The molecule has 0 bridgehead atoms. The monoisotopic (exact) mass is 402 g/mol. The summed E-state index contributed by atoms with van der Waals surface area (Å²) >= 11 is 13.5. The van der Waals surface area contributed by atoms with Crippen molar-refractivity contribution in [1.82, 2.24) is 19.7 Å². The summed E-state index contributed by atoms with van der Waals surface area (Å²) in [5.74, 6) is 0.639. The number of hydrogen-bond donors (Lipinski definition) is 1. The Labute approximate surface area is 163 Å².